The minimum Gasteiger partial charge on any atom is -0.489 e. The summed E-state index contributed by atoms with van der Waals surface area (Å²) >= 11 is 0. The number of nitrogens with zero attached hydrogens (tertiary/aromatic N) is 3. The van der Waals surface area contributed by atoms with Gasteiger partial charge in [0.15, 0.2) is 0 Å². The smallest absolute Gasteiger partial charge is 0.122 e. The molecule has 0 fully saturated rings. The summed E-state index contributed by atoms with van der Waals surface area (Å²) in [6, 6.07) is 16.3. The quantitative estimate of drug-likeness (QED) is 0.448. The molecule has 4 rings (SSSR count). The van der Waals surface area contributed by atoms with Crippen molar-refractivity contribution in [2.24, 2.45) is 0 Å². The van der Waals surface area contributed by atoms with Crippen LogP contribution in [0.3, 0.4) is 0 Å². The molecule has 4 nitrogen and oxygen atoms in total. The minimum atomic E-state index is 0.552. The number of aryl methyl sites for hydroxylation is 2. The molecule has 137 valence electrons. The first-order chi connectivity index (χ1) is 13.3. The number of aromatic nitrogens is 3. The molecule has 0 aliphatic rings. The predicted octanol–water partition coefficient (Wildman–Crippen LogP) is 5.34. The fourth-order valence-electron chi connectivity index (χ4n) is 3.45. The first kappa shape index (κ1) is 17.5. The highest BCUT2D eigenvalue weighted by atomic mass is 16.5. The lowest BCUT2D eigenvalue weighted by molar-refractivity contribution is 0.306. The summed E-state index contributed by atoms with van der Waals surface area (Å²) in [5.41, 5.74) is 4.22. The number of pyridine rings is 1. The van der Waals surface area contributed by atoms with Crippen LogP contribution in [0.4, 0.5) is 0 Å². The molecule has 0 amide bonds. The maximum absolute atomic E-state index is 5.96. The summed E-state index contributed by atoms with van der Waals surface area (Å²) in [5, 5.41) is 1.12. The summed E-state index contributed by atoms with van der Waals surface area (Å²) in [7, 11) is 0. The number of ether oxygens (including phenoxy) is 1. The van der Waals surface area contributed by atoms with Crippen molar-refractivity contribution in [2.75, 3.05) is 0 Å². The number of unbranched alkanes of at least 4 members (excludes halogenated alkanes) is 1. The largest absolute Gasteiger partial charge is 0.489 e. The van der Waals surface area contributed by atoms with Crippen LogP contribution in [-0.4, -0.2) is 14.5 Å². The van der Waals surface area contributed by atoms with Gasteiger partial charge in [-0.1, -0.05) is 50.6 Å². The van der Waals surface area contributed by atoms with Gasteiger partial charge in [-0.2, -0.15) is 0 Å². The van der Waals surface area contributed by atoms with Gasteiger partial charge in [0, 0.05) is 24.4 Å². The van der Waals surface area contributed by atoms with Crippen molar-refractivity contribution in [2.45, 2.75) is 39.3 Å². The minimum absolute atomic E-state index is 0.552. The van der Waals surface area contributed by atoms with E-state index in [9.17, 15) is 0 Å². The molecular formula is C23H24N3O. The van der Waals surface area contributed by atoms with Crippen molar-refractivity contribution in [3.63, 3.8) is 0 Å². The van der Waals surface area contributed by atoms with Gasteiger partial charge in [-0.3, -0.25) is 4.98 Å². The van der Waals surface area contributed by atoms with E-state index in [-0.39, 0.29) is 0 Å². The summed E-state index contributed by atoms with van der Waals surface area (Å²) < 4.78 is 8.29. The van der Waals surface area contributed by atoms with Crippen LogP contribution in [0.25, 0.3) is 21.9 Å². The molecule has 0 unspecified atom stereocenters. The first-order valence-electron chi connectivity index (χ1n) is 9.54. The molecule has 27 heavy (non-hydrogen) atoms. The van der Waals surface area contributed by atoms with Gasteiger partial charge >= 0.3 is 0 Å². The Bertz CT molecular complexity index is 1050. The normalized spacial score (nSPS) is 11.3. The van der Waals surface area contributed by atoms with E-state index in [0.717, 1.165) is 59.4 Å². The molecule has 4 aromatic rings. The summed E-state index contributed by atoms with van der Waals surface area (Å²) in [6.45, 7) is 7.61. The van der Waals surface area contributed by atoms with Crippen molar-refractivity contribution in [1.29, 1.82) is 0 Å². The van der Waals surface area contributed by atoms with E-state index in [1.807, 2.05) is 36.5 Å². The zero-order valence-corrected chi connectivity index (χ0v) is 15.7. The molecular weight excluding hydrogens is 334 g/mol. The summed E-state index contributed by atoms with van der Waals surface area (Å²) in [4.78, 5) is 9.41. The Morgan fingerprint density at radius 1 is 1.07 bits per heavy atom. The highest BCUT2D eigenvalue weighted by Crippen LogP contribution is 2.28. The number of imidazole rings is 1. The summed E-state index contributed by atoms with van der Waals surface area (Å²) in [5.74, 6) is 1.94. The van der Waals surface area contributed by atoms with E-state index in [0.29, 0.717) is 6.61 Å². The second-order valence-corrected chi connectivity index (χ2v) is 6.69. The van der Waals surface area contributed by atoms with Crippen molar-refractivity contribution < 1.29 is 4.74 Å². The Kier molecular flexibility index (Phi) is 5.05. The third-order valence-corrected chi connectivity index (χ3v) is 4.82. The van der Waals surface area contributed by atoms with E-state index in [4.69, 9.17) is 9.72 Å². The Labute approximate surface area is 159 Å². The SMILES string of the molecule is [CH2]CCCn1c(CC)nc2cnc3cc(OCc4ccccc4)ccc3c21. The molecule has 4 heteroatoms. The molecule has 0 aliphatic heterocycles. The van der Waals surface area contributed by atoms with Crippen LogP contribution in [0.15, 0.2) is 54.7 Å². The average Bonchev–Trinajstić information content (AvgIpc) is 3.09. The van der Waals surface area contributed by atoms with Crippen LogP contribution in [-0.2, 0) is 19.6 Å². The van der Waals surface area contributed by atoms with Gasteiger partial charge in [-0.25, -0.2) is 4.98 Å². The highest BCUT2D eigenvalue weighted by Gasteiger charge is 2.13. The van der Waals surface area contributed by atoms with Gasteiger partial charge in [0.05, 0.1) is 17.2 Å². The van der Waals surface area contributed by atoms with Gasteiger partial charge in [-0.15, -0.1) is 0 Å². The zero-order valence-electron chi connectivity index (χ0n) is 15.7. The molecule has 0 spiro atoms. The van der Waals surface area contributed by atoms with Crippen molar-refractivity contribution in [3.8, 4) is 5.75 Å². The van der Waals surface area contributed by atoms with Gasteiger partial charge in [0.1, 0.15) is 23.7 Å². The third-order valence-electron chi connectivity index (χ3n) is 4.82. The molecule has 1 radical (unpaired) electrons. The Morgan fingerprint density at radius 3 is 2.70 bits per heavy atom. The molecule has 0 aliphatic carbocycles. The number of fused-ring (bicyclic) bond motifs is 3. The van der Waals surface area contributed by atoms with E-state index in [1.165, 1.54) is 5.52 Å². The molecule has 0 bridgehead atoms. The van der Waals surface area contributed by atoms with Crippen LogP contribution < -0.4 is 4.74 Å². The Hall–Kier alpha value is -2.88. The highest BCUT2D eigenvalue weighted by molar-refractivity contribution is 6.02. The second kappa shape index (κ2) is 7.78. The molecule has 0 saturated carbocycles. The molecule has 0 atom stereocenters. The fraction of sp³-hybridized carbons (Fsp3) is 0.261. The van der Waals surface area contributed by atoms with E-state index in [1.54, 1.807) is 0 Å². The zero-order chi connectivity index (χ0) is 18.6. The maximum Gasteiger partial charge on any atom is 0.122 e. The molecule has 2 heterocycles. The van der Waals surface area contributed by atoms with E-state index in [2.05, 4.69) is 41.6 Å². The van der Waals surface area contributed by atoms with Crippen molar-refractivity contribution in [1.82, 2.24) is 14.5 Å². The summed E-state index contributed by atoms with van der Waals surface area (Å²) in [6.07, 6.45) is 4.74. The lowest BCUT2D eigenvalue weighted by atomic mass is 10.1. The van der Waals surface area contributed by atoms with Crippen LogP contribution in [0.5, 0.6) is 5.75 Å². The Morgan fingerprint density at radius 2 is 1.93 bits per heavy atom. The first-order valence-corrected chi connectivity index (χ1v) is 9.54. The molecule has 0 saturated heterocycles. The molecule has 0 N–H and O–H groups in total. The average molecular weight is 358 g/mol. The van der Waals surface area contributed by atoms with Gasteiger partial charge in [-0.05, 0) is 24.1 Å². The fourth-order valence-corrected chi connectivity index (χ4v) is 3.45. The topological polar surface area (TPSA) is 39.9 Å². The van der Waals surface area contributed by atoms with Gasteiger partial charge < -0.3 is 9.30 Å². The Balaban J connectivity index is 1.70. The number of hydrogen-bond donors (Lipinski definition) is 0. The molecule has 2 aromatic carbocycles. The second-order valence-electron chi connectivity index (χ2n) is 6.69. The molecule has 2 aromatic heterocycles. The number of rotatable bonds is 7. The van der Waals surface area contributed by atoms with Gasteiger partial charge in [0.2, 0.25) is 0 Å². The van der Waals surface area contributed by atoms with E-state index >= 15 is 0 Å². The lowest BCUT2D eigenvalue weighted by Gasteiger charge is -2.10. The van der Waals surface area contributed by atoms with E-state index < -0.39 is 0 Å². The maximum atomic E-state index is 5.96. The van der Waals surface area contributed by atoms with Gasteiger partial charge in [0.25, 0.3) is 0 Å². The number of hydrogen-bond acceptors (Lipinski definition) is 3. The monoisotopic (exact) mass is 358 g/mol. The van der Waals surface area contributed by atoms with Crippen molar-refractivity contribution >= 4 is 21.9 Å². The number of benzene rings is 2. The van der Waals surface area contributed by atoms with Crippen LogP contribution in [0.2, 0.25) is 0 Å². The van der Waals surface area contributed by atoms with Crippen LogP contribution in [0.1, 0.15) is 31.2 Å². The van der Waals surface area contributed by atoms with Crippen molar-refractivity contribution in [3.05, 3.63) is 73.0 Å². The lowest BCUT2D eigenvalue weighted by Crippen LogP contribution is -2.03. The third kappa shape index (κ3) is 3.52. The van der Waals surface area contributed by atoms with Crippen LogP contribution in [0, 0.1) is 6.92 Å². The predicted molar refractivity (Wildman–Crippen MR) is 110 cm³/mol. The standard InChI is InChI=1S/C23H24N3O/c1-3-5-13-26-22(4-2)25-21-15-24-20-14-18(11-12-19(20)23(21)26)27-16-17-9-7-6-8-10-17/h6-12,14-15H,1,3-5,13,16H2,2H3. The van der Waals surface area contributed by atoms with Crippen LogP contribution >= 0.6 is 0 Å².